The zero-order valence-electron chi connectivity index (χ0n) is 12.7. The summed E-state index contributed by atoms with van der Waals surface area (Å²) in [5, 5.41) is 2.44. The summed E-state index contributed by atoms with van der Waals surface area (Å²) in [5.74, 6) is 0.934. The lowest BCUT2D eigenvalue weighted by atomic mass is 10.0. The summed E-state index contributed by atoms with van der Waals surface area (Å²) in [6, 6.07) is 22.6. The van der Waals surface area contributed by atoms with Crippen LogP contribution in [0.15, 0.2) is 66.7 Å². The van der Waals surface area contributed by atoms with Gasteiger partial charge in [0.15, 0.2) is 0 Å². The van der Waals surface area contributed by atoms with Gasteiger partial charge in [0.05, 0.1) is 6.61 Å². The molecule has 3 aromatic carbocycles. The summed E-state index contributed by atoms with van der Waals surface area (Å²) in [4.78, 5) is 0. The van der Waals surface area contributed by atoms with Crippen molar-refractivity contribution in [1.82, 2.24) is 5.43 Å². The molecule has 0 heterocycles. The smallest absolute Gasteiger partial charge is 0.124 e. The fourth-order valence-corrected chi connectivity index (χ4v) is 2.55. The number of hydrogen-bond donors (Lipinski definition) is 2. The quantitative estimate of drug-likeness (QED) is 0.662. The second-order valence-corrected chi connectivity index (χ2v) is 5.04. The van der Waals surface area contributed by atoms with E-state index in [1.165, 1.54) is 16.3 Å². The molecule has 0 unspecified atom stereocenters. The number of rotatable bonds is 6. The molecule has 0 fully saturated rings. The highest BCUT2D eigenvalue weighted by Gasteiger charge is 2.08. The maximum atomic E-state index is 5.78. The summed E-state index contributed by atoms with van der Waals surface area (Å²) in [7, 11) is 0. The van der Waals surface area contributed by atoms with Crippen LogP contribution in [0, 0.1) is 0 Å². The Bertz CT molecular complexity index is 741. The van der Waals surface area contributed by atoms with Crippen molar-refractivity contribution in [3.05, 3.63) is 72.3 Å². The zero-order valence-corrected chi connectivity index (χ0v) is 12.7. The minimum absolute atomic E-state index is 0.664. The molecule has 3 nitrogen and oxygen atoms in total. The predicted octanol–water partition coefficient (Wildman–Crippen LogP) is 4.36. The van der Waals surface area contributed by atoms with Crippen LogP contribution in [0.4, 0.5) is 5.69 Å². The molecular weight excluding hydrogens is 272 g/mol. The van der Waals surface area contributed by atoms with E-state index in [1.807, 2.05) is 43.3 Å². The highest BCUT2D eigenvalue weighted by atomic mass is 16.5. The van der Waals surface area contributed by atoms with Gasteiger partial charge < -0.3 is 10.2 Å². The Labute approximate surface area is 130 Å². The van der Waals surface area contributed by atoms with E-state index >= 15 is 0 Å². The first-order valence-electron chi connectivity index (χ1n) is 7.56. The Kier molecular flexibility index (Phi) is 4.56. The molecule has 0 aliphatic rings. The van der Waals surface area contributed by atoms with Crippen molar-refractivity contribution >= 4 is 16.5 Å². The maximum absolute atomic E-state index is 5.78. The standard InChI is InChI=1S/C19H20N2O/c1-2-22-19-13-12-15-8-6-7-11-17(15)18(19)14-20-21-16-9-4-3-5-10-16/h3-13,20-21H,2,14H2,1H3. The number of fused-ring (bicyclic) bond motifs is 1. The van der Waals surface area contributed by atoms with E-state index in [9.17, 15) is 0 Å². The molecule has 0 saturated heterocycles. The number of hydrogen-bond acceptors (Lipinski definition) is 3. The van der Waals surface area contributed by atoms with Crippen LogP contribution in [0.2, 0.25) is 0 Å². The third-order valence-electron chi connectivity index (χ3n) is 3.57. The third-order valence-corrected chi connectivity index (χ3v) is 3.57. The van der Waals surface area contributed by atoms with Gasteiger partial charge in [0.2, 0.25) is 0 Å². The lowest BCUT2D eigenvalue weighted by molar-refractivity contribution is 0.336. The highest BCUT2D eigenvalue weighted by Crippen LogP contribution is 2.28. The van der Waals surface area contributed by atoms with Crippen molar-refractivity contribution in [2.45, 2.75) is 13.5 Å². The van der Waals surface area contributed by atoms with Gasteiger partial charge in [-0.15, -0.1) is 0 Å². The van der Waals surface area contributed by atoms with Crippen molar-refractivity contribution in [3.8, 4) is 5.75 Å². The van der Waals surface area contributed by atoms with E-state index in [-0.39, 0.29) is 0 Å². The van der Waals surface area contributed by atoms with Crippen LogP contribution in [0.1, 0.15) is 12.5 Å². The molecule has 2 N–H and O–H groups in total. The van der Waals surface area contributed by atoms with E-state index in [2.05, 4.69) is 41.2 Å². The highest BCUT2D eigenvalue weighted by molar-refractivity contribution is 5.87. The first kappa shape index (κ1) is 14.4. The molecule has 0 aliphatic carbocycles. The molecule has 3 aromatic rings. The second-order valence-electron chi connectivity index (χ2n) is 5.04. The minimum Gasteiger partial charge on any atom is -0.494 e. The van der Waals surface area contributed by atoms with Crippen molar-refractivity contribution in [3.63, 3.8) is 0 Å². The van der Waals surface area contributed by atoms with Crippen molar-refractivity contribution in [1.29, 1.82) is 0 Å². The third kappa shape index (κ3) is 3.21. The fraction of sp³-hybridized carbons (Fsp3) is 0.158. The number of ether oxygens (including phenoxy) is 1. The van der Waals surface area contributed by atoms with Crippen LogP contribution < -0.4 is 15.6 Å². The molecule has 0 spiro atoms. The summed E-state index contributed by atoms with van der Waals surface area (Å²) in [6.45, 7) is 3.36. The van der Waals surface area contributed by atoms with Crippen molar-refractivity contribution in [2.75, 3.05) is 12.0 Å². The van der Waals surface area contributed by atoms with Crippen LogP contribution in [0.25, 0.3) is 10.8 Å². The number of para-hydroxylation sites is 1. The molecule has 0 bridgehead atoms. The Morgan fingerprint density at radius 3 is 2.45 bits per heavy atom. The zero-order chi connectivity index (χ0) is 15.2. The van der Waals surface area contributed by atoms with Gasteiger partial charge in [-0.3, -0.25) is 0 Å². The number of benzene rings is 3. The van der Waals surface area contributed by atoms with Gasteiger partial charge >= 0.3 is 0 Å². The molecule has 3 heteroatoms. The van der Waals surface area contributed by atoms with Crippen LogP contribution in [0.5, 0.6) is 5.75 Å². The Hall–Kier alpha value is -2.52. The molecule has 112 valence electrons. The number of nitrogens with one attached hydrogen (secondary N) is 2. The SMILES string of the molecule is CCOc1ccc2ccccc2c1CNNc1ccccc1. The van der Waals surface area contributed by atoms with Gasteiger partial charge in [-0.2, -0.15) is 0 Å². The average Bonchev–Trinajstić information content (AvgIpc) is 2.57. The molecule has 0 atom stereocenters. The largest absolute Gasteiger partial charge is 0.494 e. The van der Waals surface area contributed by atoms with Crippen LogP contribution in [-0.2, 0) is 6.54 Å². The minimum atomic E-state index is 0.664. The van der Waals surface area contributed by atoms with Gasteiger partial charge in [-0.1, -0.05) is 48.5 Å². The molecule has 0 aliphatic heterocycles. The summed E-state index contributed by atoms with van der Waals surface area (Å²) in [6.07, 6.45) is 0. The van der Waals surface area contributed by atoms with E-state index in [4.69, 9.17) is 4.74 Å². The van der Waals surface area contributed by atoms with E-state index < -0.39 is 0 Å². The molecular formula is C19H20N2O. The van der Waals surface area contributed by atoms with E-state index in [0.717, 1.165) is 11.4 Å². The Morgan fingerprint density at radius 1 is 0.864 bits per heavy atom. The first-order valence-corrected chi connectivity index (χ1v) is 7.56. The van der Waals surface area contributed by atoms with Crippen LogP contribution in [-0.4, -0.2) is 6.61 Å². The lowest BCUT2D eigenvalue weighted by Gasteiger charge is -2.15. The molecule has 0 saturated carbocycles. The average molecular weight is 292 g/mol. The van der Waals surface area contributed by atoms with E-state index in [0.29, 0.717) is 13.2 Å². The van der Waals surface area contributed by atoms with Crippen LogP contribution in [0.3, 0.4) is 0 Å². The molecule has 22 heavy (non-hydrogen) atoms. The predicted molar refractivity (Wildman–Crippen MR) is 92.0 cm³/mol. The Balaban J connectivity index is 1.82. The van der Waals surface area contributed by atoms with E-state index in [1.54, 1.807) is 0 Å². The maximum Gasteiger partial charge on any atom is 0.124 e. The molecule has 0 radical (unpaired) electrons. The summed E-state index contributed by atoms with van der Waals surface area (Å²) >= 11 is 0. The second kappa shape index (κ2) is 6.96. The van der Waals surface area contributed by atoms with Crippen molar-refractivity contribution in [2.24, 2.45) is 0 Å². The number of anilines is 1. The van der Waals surface area contributed by atoms with Gasteiger partial charge in [-0.05, 0) is 35.9 Å². The monoisotopic (exact) mass is 292 g/mol. The summed E-state index contributed by atoms with van der Waals surface area (Å²) in [5.41, 5.74) is 8.71. The van der Waals surface area contributed by atoms with Gasteiger partial charge in [-0.25, -0.2) is 5.43 Å². The Morgan fingerprint density at radius 2 is 1.64 bits per heavy atom. The lowest BCUT2D eigenvalue weighted by Crippen LogP contribution is -2.21. The molecule has 0 aromatic heterocycles. The summed E-state index contributed by atoms with van der Waals surface area (Å²) < 4.78 is 5.78. The van der Waals surface area contributed by atoms with Gasteiger partial charge in [0, 0.05) is 17.8 Å². The van der Waals surface area contributed by atoms with Gasteiger partial charge in [0.1, 0.15) is 5.75 Å². The number of hydrazine groups is 1. The normalized spacial score (nSPS) is 10.6. The first-order chi connectivity index (χ1) is 10.9. The fourth-order valence-electron chi connectivity index (χ4n) is 2.55. The van der Waals surface area contributed by atoms with Crippen LogP contribution >= 0.6 is 0 Å². The van der Waals surface area contributed by atoms with Crippen molar-refractivity contribution < 1.29 is 4.74 Å². The molecule has 0 amide bonds. The molecule has 3 rings (SSSR count). The van der Waals surface area contributed by atoms with Gasteiger partial charge in [0.25, 0.3) is 0 Å². The topological polar surface area (TPSA) is 33.3 Å².